The van der Waals surface area contributed by atoms with E-state index in [0.717, 1.165) is 19.4 Å². The Morgan fingerprint density at radius 3 is 2.73 bits per heavy atom. The van der Waals surface area contributed by atoms with Gasteiger partial charge in [0.1, 0.15) is 0 Å². The highest BCUT2D eigenvalue weighted by atomic mass is 35.5. The summed E-state index contributed by atoms with van der Waals surface area (Å²) in [5.74, 6) is -0.539. The normalized spacial score (nSPS) is 25.1. The zero-order valence-electron chi connectivity index (χ0n) is 8.79. The van der Waals surface area contributed by atoms with E-state index in [1.807, 2.05) is 6.92 Å². The van der Waals surface area contributed by atoms with Gasteiger partial charge in [0.25, 0.3) is 0 Å². The maximum atomic E-state index is 11.5. The summed E-state index contributed by atoms with van der Waals surface area (Å²) in [5.41, 5.74) is 4.93. The molecule has 6 heteroatoms. The molecule has 1 aliphatic rings. The summed E-state index contributed by atoms with van der Waals surface area (Å²) in [6.45, 7) is 2.85. The molecule has 0 saturated carbocycles. The number of carbonyl (C=O) groups excluding carboxylic acids is 2. The molecule has 1 saturated heterocycles. The van der Waals surface area contributed by atoms with Crippen LogP contribution in [0, 0.1) is 5.92 Å². The van der Waals surface area contributed by atoms with Crippen molar-refractivity contribution >= 4 is 24.2 Å². The smallest absolute Gasteiger partial charge is 0.236 e. The summed E-state index contributed by atoms with van der Waals surface area (Å²) in [7, 11) is 0. The van der Waals surface area contributed by atoms with Crippen LogP contribution in [0.1, 0.15) is 19.8 Å². The lowest BCUT2D eigenvalue weighted by molar-refractivity contribution is -0.128. The Bertz CT molecular complexity index is 235. The fourth-order valence-corrected chi connectivity index (χ4v) is 1.69. The van der Waals surface area contributed by atoms with Crippen molar-refractivity contribution in [2.45, 2.75) is 25.8 Å². The first-order valence-corrected chi connectivity index (χ1v) is 4.89. The van der Waals surface area contributed by atoms with E-state index in [0.29, 0.717) is 6.04 Å². The van der Waals surface area contributed by atoms with E-state index >= 15 is 0 Å². The number of hydrogen-bond donors (Lipinski definition) is 3. The number of nitrogens with two attached hydrogens (primary N) is 1. The number of rotatable bonds is 3. The molecule has 1 aliphatic heterocycles. The van der Waals surface area contributed by atoms with Gasteiger partial charge in [0.15, 0.2) is 0 Å². The Hall–Kier alpha value is -0.810. The van der Waals surface area contributed by atoms with Crippen LogP contribution >= 0.6 is 12.4 Å². The van der Waals surface area contributed by atoms with Gasteiger partial charge in [0.2, 0.25) is 11.8 Å². The Morgan fingerprint density at radius 2 is 2.20 bits per heavy atom. The molecule has 0 aromatic rings. The Balaban J connectivity index is 0.00000196. The van der Waals surface area contributed by atoms with Gasteiger partial charge in [0, 0.05) is 12.0 Å². The lowest BCUT2D eigenvalue weighted by atomic mass is 9.92. The molecular formula is C9H18ClN3O2. The van der Waals surface area contributed by atoms with Gasteiger partial charge in [-0.3, -0.25) is 9.59 Å². The highest BCUT2D eigenvalue weighted by molar-refractivity contribution is 5.85. The molecule has 4 N–H and O–H groups in total. The molecular weight excluding hydrogens is 218 g/mol. The lowest BCUT2D eigenvalue weighted by Gasteiger charge is -2.26. The van der Waals surface area contributed by atoms with Crippen LogP contribution in [-0.4, -0.2) is 30.9 Å². The van der Waals surface area contributed by atoms with E-state index in [9.17, 15) is 9.59 Å². The van der Waals surface area contributed by atoms with E-state index in [1.165, 1.54) is 0 Å². The molecule has 1 rings (SSSR count). The number of carbonyl (C=O) groups is 2. The van der Waals surface area contributed by atoms with Crippen LogP contribution in [0.5, 0.6) is 0 Å². The Labute approximate surface area is 95.6 Å². The number of primary amides is 1. The number of nitrogens with one attached hydrogen (secondary N) is 2. The standard InChI is InChI=1S/C9H17N3O2.ClH/c1-6-4-7(2-3-11-6)9(14)12-5-8(10)13;/h6-7,11H,2-5H2,1H3,(H2,10,13)(H,12,14);1H/t6-,7-;/m0./s1. The van der Waals surface area contributed by atoms with E-state index in [1.54, 1.807) is 0 Å². The van der Waals surface area contributed by atoms with Gasteiger partial charge in [-0.25, -0.2) is 0 Å². The van der Waals surface area contributed by atoms with Gasteiger partial charge in [-0.2, -0.15) is 0 Å². The van der Waals surface area contributed by atoms with E-state index < -0.39 is 5.91 Å². The quantitative estimate of drug-likeness (QED) is 0.611. The van der Waals surface area contributed by atoms with Crippen LogP contribution in [0.2, 0.25) is 0 Å². The van der Waals surface area contributed by atoms with E-state index in [-0.39, 0.29) is 30.8 Å². The maximum Gasteiger partial charge on any atom is 0.236 e. The van der Waals surface area contributed by atoms with Gasteiger partial charge < -0.3 is 16.4 Å². The second kappa shape index (κ2) is 6.63. The predicted molar refractivity (Wildman–Crippen MR) is 59.6 cm³/mol. The van der Waals surface area contributed by atoms with Crippen molar-refractivity contribution in [1.82, 2.24) is 10.6 Å². The third-order valence-electron chi connectivity index (χ3n) is 2.43. The van der Waals surface area contributed by atoms with Crippen LogP contribution in [0.4, 0.5) is 0 Å². The predicted octanol–water partition coefficient (Wildman–Crippen LogP) is -0.602. The lowest BCUT2D eigenvalue weighted by Crippen LogP contribution is -2.44. The van der Waals surface area contributed by atoms with E-state index in [4.69, 9.17) is 5.73 Å². The first-order valence-electron chi connectivity index (χ1n) is 4.89. The first kappa shape index (κ1) is 14.2. The molecule has 2 amide bonds. The minimum Gasteiger partial charge on any atom is -0.368 e. The highest BCUT2D eigenvalue weighted by Gasteiger charge is 2.24. The second-order valence-electron chi connectivity index (χ2n) is 3.76. The third kappa shape index (κ3) is 4.99. The van der Waals surface area contributed by atoms with Crippen molar-refractivity contribution in [2.24, 2.45) is 11.7 Å². The molecule has 1 fully saturated rings. The van der Waals surface area contributed by atoms with Gasteiger partial charge in [-0.05, 0) is 26.3 Å². The molecule has 15 heavy (non-hydrogen) atoms. The molecule has 5 nitrogen and oxygen atoms in total. The third-order valence-corrected chi connectivity index (χ3v) is 2.43. The Morgan fingerprint density at radius 1 is 1.53 bits per heavy atom. The number of hydrogen-bond acceptors (Lipinski definition) is 3. The number of halogens is 1. The zero-order chi connectivity index (χ0) is 10.6. The topological polar surface area (TPSA) is 84.2 Å². The van der Waals surface area contributed by atoms with Crippen molar-refractivity contribution in [3.8, 4) is 0 Å². The number of amides is 2. The van der Waals surface area contributed by atoms with Gasteiger partial charge >= 0.3 is 0 Å². The maximum absolute atomic E-state index is 11.5. The van der Waals surface area contributed by atoms with Gasteiger partial charge in [0.05, 0.1) is 6.54 Å². The van der Waals surface area contributed by atoms with Crippen LogP contribution < -0.4 is 16.4 Å². The molecule has 0 spiro atoms. The molecule has 0 aromatic heterocycles. The Kier molecular flexibility index (Phi) is 6.27. The summed E-state index contributed by atoms with van der Waals surface area (Å²) in [4.78, 5) is 21.9. The van der Waals surface area contributed by atoms with Crippen LogP contribution in [0.3, 0.4) is 0 Å². The van der Waals surface area contributed by atoms with Crippen molar-refractivity contribution < 1.29 is 9.59 Å². The average molecular weight is 236 g/mol. The first-order chi connectivity index (χ1) is 6.59. The van der Waals surface area contributed by atoms with Crippen molar-refractivity contribution in [3.05, 3.63) is 0 Å². The molecule has 1 heterocycles. The van der Waals surface area contributed by atoms with Crippen molar-refractivity contribution in [1.29, 1.82) is 0 Å². The van der Waals surface area contributed by atoms with Crippen LogP contribution in [0.15, 0.2) is 0 Å². The second-order valence-corrected chi connectivity index (χ2v) is 3.76. The summed E-state index contributed by atoms with van der Waals surface area (Å²) in [6, 6.07) is 0.369. The van der Waals surface area contributed by atoms with Gasteiger partial charge in [-0.15, -0.1) is 12.4 Å². The summed E-state index contributed by atoms with van der Waals surface area (Å²) in [6.07, 6.45) is 1.65. The fourth-order valence-electron chi connectivity index (χ4n) is 1.69. The molecule has 0 unspecified atom stereocenters. The van der Waals surface area contributed by atoms with Crippen molar-refractivity contribution in [3.63, 3.8) is 0 Å². The molecule has 2 atom stereocenters. The average Bonchev–Trinajstić information content (AvgIpc) is 2.14. The van der Waals surface area contributed by atoms with Crippen LogP contribution in [0.25, 0.3) is 0 Å². The highest BCUT2D eigenvalue weighted by Crippen LogP contribution is 2.15. The monoisotopic (exact) mass is 235 g/mol. The molecule has 88 valence electrons. The zero-order valence-corrected chi connectivity index (χ0v) is 9.60. The van der Waals surface area contributed by atoms with Gasteiger partial charge in [-0.1, -0.05) is 0 Å². The summed E-state index contributed by atoms with van der Waals surface area (Å²) in [5, 5.41) is 5.79. The molecule has 0 aliphatic carbocycles. The summed E-state index contributed by atoms with van der Waals surface area (Å²) < 4.78 is 0. The molecule has 0 bridgehead atoms. The summed E-state index contributed by atoms with van der Waals surface area (Å²) >= 11 is 0. The molecule has 0 radical (unpaired) electrons. The largest absolute Gasteiger partial charge is 0.368 e. The SMILES string of the molecule is C[C@H]1C[C@@H](C(=O)NCC(N)=O)CCN1.Cl. The van der Waals surface area contributed by atoms with E-state index in [2.05, 4.69) is 10.6 Å². The fraction of sp³-hybridized carbons (Fsp3) is 0.778. The molecule has 0 aromatic carbocycles. The number of piperidine rings is 1. The minimum atomic E-state index is -0.500. The van der Waals surface area contributed by atoms with Crippen LogP contribution in [-0.2, 0) is 9.59 Å². The van der Waals surface area contributed by atoms with Crippen molar-refractivity contribution in [2.75, 3.05) is 13.1 Å². The minimum absolute atomic E-state index is 0.